The predicted octanol–water partition coefficient (Wildman–Crippen LogP) is 3.00. The molecule has 0 aliphatic carbocycles. The average molecular weight is 308 g/mol. The highest BCUT2D eigenvalue weighted by Gasteiger charge is 2.16. The number of hydrogen-bond donors (Lipinski definition) is 1. The van der Waals surface area contributed by atoms with Crippen LogP contribution in [0.3, 0.4) is 0 Å². The third-order valence-corrected chi connectivity index (χ3v) is 3.87. The summed E-state index contributed by atoms with van der Waals surface area (Å²) in [6, 6.07) is 5.40. The number of nitrogens with one attached hydrogen (secondary N) is 1. The highest BCUT2D eigenvalue weighted by Crippen LogP contribution is 2.33. The van der Waals surface area contributed by atoms with E-state index in [2.05, 4.69) is 10.3 Å². The van der Waals surface area contributed by atoms with Crippen molar-refractivity contribution in [3.05, 3.63) is 28.8 Å². The molecule has 1 aromatic carbocycles. The number of carbonyl (C=O) groups excluding carboxylic acids is 1. The van der Waals surface area contributed by atoms with Gasteiger partial charge in [-0.3, -0.25) is 0 Å². The summed E-state index contributed by atoms with van der Waals surface area (Å²) in [7, 11) is 4.52. The van der Waals surface area contributed by atoms with Crippen molar-refractivity contribution in [2.24, 2.45) is 0 Å². The zero-order chi connectivity index (χ0) is 15.4. The summed E-state index contributed by atoms with van der Waals surface area (Å²) in [5.41, 5.74) is 1.33. The van der Waals surface area contributed by atoms with Gasteiger partial charge in [0.25, 0.3) is 0 Å². The van der Waals surface area contributed by atoms with Crippen LogP contribution in [0.1, 0.15) is 15.4 Å². The molecule has 0 amide bonds. The minimum Gasteiger partial charge on any atom is -0.497 e. The maximum atomic E-state index is 11.6. The Morgan fingerprint density at radius 3 is 2.62 bits per heavy atom. The molecule has 0 atom stereocenters. The lowest BCUT2D eigenvalue weighted by molar-refractivity contribution is 0.0605. The molecule has 0 aliphatic rings. The minimum atomic E-state index is -0.393. The first-order valence-corrected chi connectivity index (χ1v) is 6.95. The molecule has 6 nitrogen and oxygen atoms in total. The summed E-state index contributed by atoms with van der Waals surface area (Å²) < 4.78 is 15.2. The van der Waals surface area contributed by atoms with Crippen LogP contribution in [0, 0.1) is 6.92 Å². The second-order valence-electron chi connectivity index (χ2n) is 4.12. The fraction of sp³-hybridized carbons (Fsp3) is 0.286. The lowest BCUT2D eigenvalue weighted by atomic mass is 10.2. The number of anilines is 2. The van der Waals surface area contributed by atoms with E-state index >= 15 is 0 Å². The van der Waals surface area contributed by atoms with Gasteiger partial charge in [-0.05, 0) is 19.1 Å². The molecule has 2 rings (SSSR count). The zero-order valence-corrected chi connectivity index (χ0v) is 13.0. The molecule has 112 valence electrons. The van der Waals surface area contributed by atoms with Gasteiger partial charge in [-0.1, -0.05) is 11.3 Å². The molecule has 1 heterocycles. The number of benzene rings is 1. The van der Waals surface area contributed by atoms with Crippen LogP contribution in [-0.2, 0) is 4.74 Å². The van der Waals surface area contributed by atoms with E-state index in [0.717, 1.165) is 0 Å². The summed E-state index contributed by atoms with van der Waals surface area (Å²) in [5.74, 6) is 0.957. The molecule has 0 saturated heterocycles. The molecule has 2 aromatic rings. The smallest absolute Gasteiger partial charge is 0.350 e. The van der Waals surface area contributed by atoms with E-state index < -0.39 is 5.97 Å². The average Bonchev–Trinajstić information content (AvgIpc) is 2.86. The summed E-state index contributed by atoms with van der Waals surface area (Å²) in [4.78, 5) is 16.4. The number of rotatable bonds is 5. The molecule has 0 spiro atoms. The van der Waals surface area contributed by atoms with Gasteiger partial charge in [-0.2, -0.15) is 0 Å². The van der Waals surface area contributed by atoms with Crippen molar-refractivity contribution in [3.63, 3.8) is 0 Å². The first-order valence-electron chi connectivity index (χ1n) is 6.13. The maximum Gasteiger partial charge on any atom is 0.350 e. The maximum absolute atomic E-state index is 11.6. The van der Waals surface area contributed by atoms with Crippen molar-refractivity contribution in [3.8, 4) is 11.5 Å². The lowest BCUT2D eigenvalue weighted by Gasteiger charge is -2.10. The molecular weight excluding hydrogens is 292 g/mol. The van der Waals surface area contributed by atoms with Gasteiger partial charge in [0.1, 0.15) is 16.4 Å². The second-order valence-corrected chi connectivity index (χ2v) is 5.12. The van der Waals surface area contributed by atoms with E-state index in [4.69, 9.17) is 14.2 Å². The largest absolute Gasteiger partial charge is 0.497 e. The first kappa shape index (κ1) is 15.1. The molecule has 0 radical (unpaired) electrons. The van der Waals surface area contributed by atoms with E-state index in [1.807, 2.05) is 0 Å². The second kappa shape index (κ2) is 6.45. The summed E-state index contributed by atoms with van der Waals surface area (Å²) in [6.07, 6.45) is 0. The van der Waals surface area contributed by atoms with Gasteiger partial charge >= 0.3 is 5.97 Å². The van der Waals surface area contributed by atoms with Crippen molar-refractivity contribution in [1.82, 2.24) is 4.98 Å². The quantitative estimate of drug-likeness (QED) is 0.856. The van der Waals surface area contributed by atoms with E-state index in [1.165, 1.54) is 18.4 Å². The van der Waals surface area contributed by atoms with Crippen molar-refractivity contribution in [2.45, 2.75) is 6.92 Å². The number of esters is 1. The minimum absolute atomic E-state index is 0.393. The van der Waals surface area contributed by atoms with E-state index in [9.17, 15) is 4.79 Å². The van der Waals surface area contributed by atoms with Crippen LogP contribution in [0.4, 0.5) is 10.8 Å². The topological polar surface area (TPSA) is 69.7 Å². The molecular formula is C14H16N2O4S. The summed E-state index contributed by atoms with van der Waals surface area (Å²) >= 11 is 1.23. The SMILES string of the molecule is COC(=O)c1sc(Nc2cc(OC)ccc2OC)nc1C. The van der Waals surface area contributed by atoms with Crippen LogP contribution in [-0.4, -0.2) is 32.3 Å². The van der Waals surface area contributed by atoms with Crippen molar-refractivity contribution in [2.75, 3.05) is 26.6 Å². The monoisotopic (exact) mass is 308 g/mol. The number of carbonyl (C=O) groups is 1. The number of nitrogens with zero attached hydrogens (tertiary/aromatic N) is 1. The highest BCUT2D eigenvalue weighted by molar-refractivity contribution is 7.17. The van der Waals surface area contributed by atoms with Crippen LogP contribution < -0.4 is 14.8 Å². The molecule has 0 aliphatic heterocycles. The molecule has 21 heavy (non-hydrogen) atoms. The Morgan fingerprint density at radius 1 is 1.24 bits per heavy atom. The Hall–Kier alpha value is -2.28. The number of hydrogen-bond acceptors (Lipinski definition) is 7. The van der Waals surface area contributed by atoms with Crippen molar-refractivity contribution in [1.29, 1.82) is 0 Å². The lowest BCUT2D eigenvalue weighted by Crippen LogP contribution is -1.99. The Kier molecular flexibility index (Phi) is 4.64. The van der Waals surface area contributed by atoms with Crippen LogP contribution in [0.5, 0.6) is 11.5 Å². The number of methoxy groups -OCH3 is 3. The normalized spacial score (nSPS) is 10.1. The standard InChI is InChI=1S/C14H16N2O4S/c1-8-12(13(17)20-4)21-14(15-8)16-10-7-9(18-2)5-6-11(10)19-3/h5-7H,1-4H3,(H,15,16). The van der Waals surface area contributed by atoms with Gasteiger partial charge in [0.2, 0.25) is 0 Å². The highest BCUT2D eigenvalue weighted by atomic mass is 32.1. The Morgan fingerprint density at radius 2 is 2.00 bits per heavy atom. The molecule has 0 saturated carbocycles. The Labute approximate surface area is 126 Å². The van der Waals surface area contributed by atoms with E-state index in [0.29, 0.717) is 32.9 Å². The van der Waals surface area contributed by atoms with Gasteiger partial charge in [0.15, 0.2) is 5.13 Å². The Balaban J connectivity index is 2.31. The van der Waals surface area contributed by atoms with Gasteiger partial charge in [-0.15, -0.1) is 0 Å². The van der Waals surface area contributed by atoms with Crippen LogP contribution >= 0.6 is 11.3 Å². The number of ether oxygens (including phenoxy) is 3. The zero-order valence-electron chi connectivity index (χ0n) is 12.2. The molecule has 0 unspecified atom stereocenters. The number of thiazole rings is 1. The van der Waals surface area contributed by atoms with Gasteiger partial charge in [0, 0.05) is 6.07 Å². The van der Waals surface area contributed by atoms with Gasteiger partial charge in [-0.25, -0.2) is 9.78 Å². The third-order valence-electron chi connectivity index (χ3n) is 2.82. The van der Waals surface area contributed by atoms with Crippen LogP contribution in [0.15, 0.2) is 18.2 Å². The third kappa shape index (κ3) is 3.25. The van der Waals surface area contributed by atoms with Gasteiger partial charge < -0.3 is 19.5 Å². The van der Waals surface area contributed by atoms with E-state index in [-0.39, 0.29) is 0 Å². The van der Waals surface area contributed by atoms with E-state index in [1.54, 1.807) is 39.3 Å². The first-order chi connectivity index (χ1) is 10.1. The number of aromatic nitrogens is 1. The molecule has 0 bridgehead atoms. The fourth-order valence-corrected chi connectivity index (χ4v) is 2.66. The van der Waals surface area contributed by atoms with Gasteiger partial charge in [0.05, 0.1) is 32.7 Å². The molecule has 0 fully saturated rings. The predicted molar refractivity (Wildman–Crippen MR) is 81.0 cm³/mol. The van der Waals surface area contributed by atoms with Crippen molar-refractivity contribution >= 4 is 28.1 Å². The molecule has 1 N–H and O–H groups in total. The summed E-state index contributed by atoms with van der Waals surface area (Å²) in [5, 5.41) is 3.72. The Bertz CT molecular complexity index is 654. The summed E-state index contributed by atoms with van der Waals surface area (Å²) in [6.45, 7) is 1.76. The molecule has 1 aromatic heterocycles. The van der Waals surface area contributed by atoms with Crippen molar-refractivity contribution < 1.29 is 19.0 Å². The fourth-order valence-electron chi connectivity index (χ4n) is 1.76. The number of aryl methyl sites for hydroxylation is 1. The molecule has 7 heteroatoms. The van der Waals surface area contributed by atoms with Crippen LogP contribution in [0.2, 0.25) is 0 Å². The van der Waals surface area contributed by atoms with Crippen LogP contribution in [0.25, 0.3) is 0 Å².